The van der Waals surface area contributed by atoms with E-state index < -0.39 is 0 Å². The van der Waals surface area contributed by atoms with Gasteiger partial charge in [0, 0.05) is 17.3 Å². The standard InChI is InChI=1S/C14H24N2S/c1-4-7-15-9-13-12(8-10(2)3)16-14(17-13)11-5-6-11/h10-11,15H,4-9H2,1-3H3. The average Bonchev–Trinajstić information content (AvgIpc) is 3.04. The first-order chi connectivity index (χ1) is 8.20. The number of nitrogens with zero attached hydrogens (tertiary/aromatic N) is 1. The van der Waals surface area contributed by atoms with Crippen LogP contribution in [0.2, 0.25) is 0 Å². The largest absolute Gasteiger partial charge is 0.312 e. The molecule has 1 heterocycles. The molecule has 0 aliphatic heterocycles. The summed E-state index contributed by atoms with van der Waals surface area (Å²) in [7, 11) is 0. The fourth-order valence-electron chi connectivity index (χ4n) is 1.97. The van der Waals surface area contributed by atoms with Crippen LogP contribution < -0.4 is 5.32 Å². The summed E-state index contributed by atoms with van der Waals surface area (Å²) in [4.78, 5) is 6.35. The molecule has 1 saturated carbocycles. The Hall–Kier alpha value is -0.410. The Morgan fingerprint density at radius 3 is 2.76 bits per heavy atom. The van der Waals surface area contributed by atoms with Gasteiger partial charge in [-0.25, -0.2) is 4.98 Å². The van der Waals surface area contributed by atoms with Crippen molar-refractivity contribution in [1.29, 1.82) is 0 Å². The molecule has 96 valence electrons. The second-order valence-corrected chi connectivity index (χ2v) is 6.59. The highest BCUT2D eigenvalue weighted by Crippen LogP contribution is 2.42. The first-order valence-corrected chi connectivity index (χ1v) is 7.71. The molecule has 0 bridgehead atoms. The van der Waals surface area contributed by atoms with Crippen LogP contribution in [0.25, 0.3) is 0 Å². The summed E-state index contributed by atoms with van der Waals surface area (Å²) < 4.78 is 0. The number of aromatic nitrogens is 1. The molecule has 1 N–H and O–H groups in total. The van der Waals surface area contributed by atoms with Crippen LogP contribution in [0.1, 0.15) is 61.5 Å². The molecule has 3 heteroatoms. The molecule has 0 aromatic carbocycles. The number of hydrogen-bond donors (Lipinski definition) is 1. The summed E-state index contributed by atoms with van der Waals surface area (Å²) in [5.41, 5.74) is 1.36. The van der Waals surface area contributed by atoms with E-state index in [-0.39, 0.29) is 0 Å². The Balaban J connectivity index is 2.03. The van der Waals surface area contributed by atoms with Crippen LogP contribution in [0.5, 0.6) is 0 Å². The average molecular weight is 252 g/mol. The third kappa shape index (κ3) is 3.78. The number of rotatable bonds is 7. The van der Waals surface area contributed by atoms with Crippen molar-refractivity contribution in [2.24, 2.45) is 5.92 Å². The molecule has 1 aliphatic carbocycles. The van der Waals surface area contributed by atoms with Crippen molar-refractivity contribution in [2.45, 2.75) is 58.9 Å². The Kier molecular flexibility index (Phi) is 4.57. The van der Waals surface area contributed by atoms with Gasteiger partial charge in [-0.2, -0.15) is 0 Å². The van der Waals surface area contributed by atoms with Gasteiger partial charge in [-0.05, 0) is 38.1 Å². The van der Waals surface area contributed by atoms with Gasteiger partial charge in [0.05, 0.1) is 10.7 Å². The van der Waals surface area contributed by atoms with E-state index in [0.29, 0.717) is 5.92 Å². The molecule has 0 atom stereocenters. The first kappa shape index (κ1) is 13.0. The van der Waals surface area contributed by atoms with Crippen molar-refractivity contribution in [3.8, 4) is 0 Å². The Labute approximate surface area is 109 Å². The lowest BCUT2D eigenvalue weighted by Gasteiger charge is -2.05. The van der Waals surface area contributed by atoms with Crippen molar-refractivity contribution in [2.75, 3.05) is 6.54 Å². The van der Waals surface area contributed by atoms with E-state index in [9.17, 15) is 0 Å². The van der Waals surface area contributed by atoms with Crippen molar-refractivity contribution in [1.82, 2.24) is 10.3 Å². The summed E-state index contributed by atoms with van der Waals surface area (Å²) >= 11 is 1.95. The van der Waals surface area contributed by atoms with Gasteiger partial charge in [0.1, 0.15) is 0 Å². The summed E-state index contributed by atoms with van der Waals surface area (Å²) in [6.45, 7) is 8.89. The lowest BCUT2D eigenvalue weighted by Crippen LogP contribution is -2.14. The van der Waals surface area contributed by atoms with Crippen molar-refractivity contribution < 1.29 is 0 Å². The van der Waals surface area contributed by atoms with Gasteiger partial charge in [0.2, 0.25) is 0 Å². The fraction of sp³-hybridized carbons (Fsp3) is 0.786. The van der Waals surface area contributed by atoms with Crippen LogP contribution >= 0.6 is 11.3 Å². The molecule has 0 amide bonds. The zero-order valence-electron chi connectivity index (χ0n) is 11.3. The number of hydrogen-bond acceptors (Lipinski definition) is 3. The predicted octanol–water partition coefficient (Wildman–Crippen LogP) is 3.72. The number of thiazole rings is 1. The van der Waals surface area contributed by atoms with Gasteiger partial charge < -0.3 is 5.32 Å². The van der Waals surface area contributed by atoms with Gasteiger partial charge in [-0.3, -0.25) is 0 Å². The molecule has 0 spiro atoms. The van der Waals surface area contributed by atoms with E-state index in [1.807, 2.05) is 11.3 Å². The van der Waals surface area contributed by atoms with Gasteiger partial charge in [-0.1, -0.05) is 20.8 Å². The lowest BCUT2D eigenvalue weighted by atomic mass is 10.1. The molecule has 0 radical (unpaired) electrons. The molecule has 2 rings (SSSR count). The fourth-order valence-corrected chi connectivity index (χ4v) is 3.20. The summed E-state index contributed by atoms with van der Waals surface area (Å²) in [5, 5.41) is 4.91. The van der Waals surface area contributed by atoms with Gasteiger partial charge in [0.15, 0.2) is 0 Å². The normalized spacial score (nSPS) is 15.8. The summed E-state index contributed by atoms with van der Waals surface area (Å²) in [6, 6.07) is 0. The van der Waals surface area contributed by atoms with E-state index in [2.05, 4.69) is 26.1 Å². The highest BCUT2D eigenvalue weighted by molar-refractivity contribution is 7.11. The van der Waals surface area contributed by atoms with Crippen molar-refractivity contribution >= 4 is 11.3 Å². The Bertz CT molecular complexity index is 353. The van der Waals surface area contributed by atoms with E-state index in [4.69, 9.17) is 4.98 Å². The van der Waals surface area contributed by atoms with Crippen molar-refractivity contribution in [3.05, 3.63) is 15.6 Å². The minimum Gasteiger partial charge on any atom is -0.312 e. The third-order valence-corrected chi connectivity index (χ3v) is 4.30. The second kappa shape index (κ2) is 5.96. The topological polar surface area (TPSA) is 24.9 Å². The molecular weight excluding hydrogens is 228 g/mol. The molecular formula is C14H24N2S. The van der Waals surface area contributed by atoms with Crippen LogP contribution in [0.4, 0.5) is 0 Å². The summed E-state index contributed by atoms with van der Waals surface area (Å²) in [5.74, 6) is 1.50. The number of nitrogens with one attached hydrogen (secondary N) is 1. The molecule has 0 saturated heterocycles. The van der Waals surface area contributed by atoms with E-state index >= 15 is 0 Å². The van der Waals surface area contributed by atoms with Gasteiger partial charge in [0.25, 0.3) is 0 Å². The highest BCUT2D eigenvalue weighted by atomic mass is 32.1. The molecule has 2 nitrogen and oxygen atoms in total. The van der Waals surface area contributed by atoms with Crippen LogP contribution in [-0.4, -0.2) is 11.5 Å². The molecule has 17 heavy (non-hydrogen) atoms. The molecule has 1 fully saturated rings. The maximum atomic E-state index is 4.87. The SMILES string of the molecule is CCCNCc1sc(C2CC2)nc1CC(C)C. The van der Waals surface area contributed by atoms with E-state index in [0.717, 1.165) is 25.4 Å². The second-order valence-electron chi connectivity index (χ2n) is 5.47. The monoisotopic (exact) mass is 252 g/mol. The maximum Gasteiger partial charge on any atom is 0.0962 e. The van der Waals surface area contributed by atoms with Crippen LogP contribution in [0.15, 0.2) is 0 Å². The van der Waals surface area contributed by atoms with Crippen molar-refractivity contribution in [3.63, 3.8) is 0 Å². The Morgan fingerprint density at radius 1 is 1.41 bits per heavy atom. The molecule has 1 aromatic heterocycles. The predicted molar refractivity (Wildman–Crippen MR) is 74.6 cm³/mol. The molecule has 1 aliphatic rings. The smallest absolute Gasteiger partial charge is 0.0962 e. The minimum atomic E-state index is 0.703. The van der Waals surface area contributed by atoms with Crippen LogP contribution in [0, 0.1) is 5.92 Å². The maximum absolute atomic E-state index is 4.87. The molecule has 0 unspecified atom stereocenters. The van der Waals surface area contributed by atoms with Gasteiger partial charge >= 0.3 is 0 Å². The lowest BCUT2D eigenvalue weighted by molar-refractivity contribution is 0.621. The first-order valence-electron chi connectivity index (χ1n) is 6.89. The van der Waals surface area contributed by atoms with Crippen LogP contribution in [0.3, 0.4) is 0 Å². The Morgan fingerprint density at radius 2 is 2.18 bits per heavy atom. The zero-order chi connectivity index (χ0) is 12.3. The molecule has 1 aromatic rings. The summed E-state index contributed by atoms with van der Waals surface area (Å²) in [6.07, 6.45) is 5.05. The quantitative estimate of drug-likeness (QED) is 0.748. The highest BCUT2D eigenvalue weighted by Gasteiger charge is 2.28. The van der Waals surface area contributed by atoms with E-state index in [1.165, 1.54) is 34.8 Å². The minimum absolute atomic E-state index is 0.703. The third-order valence-electron chi connectivity index (χ3n) is 3.04. The zero-order valence-corrected chi connectivity index (χ0v) is 12.1. The van der Waals surface area contributed by atoms with Crippen LogP contribution in [-0.2, 0) is 13.0 Å². The van der Waals surface area contributed by atoms with Gasteiger partial charge in [-0.15, -0.1) is 11.3 Å². The van der Waals surface area contributed by atoms with E-state index in [1.54, 1.807) is 0 Å².